The fraction of sp³-hybridized carbons (Fsp3) is 0.0800. The van der Waals surface area contributed by atoms with Crippen molar-refractivity contribution in [3.05, 3.63) is 101 Å². The van der Waals surface area contributed by atoms with Crippen LogP contribution in [0.1, 0.15) is 33.9 Å². The number of phenols is 1. The van der Waals surface area contributed by atoms with Gasteiger partial charge in [-0.1, -0.05) is 29.8 Å². The van der Waals surface area contributed by atoms with Crippen LogP contribution in [0.2, 0.25) is 5.02 Å². The SMILES string of the molecule is O=C(O)c1ccc(Cl)c(-c2ccc([C@@H]3[C@H](c4ccccn4)NC(=S)N3c3ccccc3O)o2)c1. The van der Waals surface area contributed by atoms with Crippen LogP contribution in [0.3, 0.4) is 0 Å². The molecule has 1 aliphatic heterocycles. The third-order valence-corrected chi connectivity index (χ3v) is 6.28. The standard InChI is InChI=1S/C25H18ClN3O4S/c26-16-9-8-14(24(31)32)13-15(16)20-10-11-21(33-20)23-22(17-5-3-4-12-27-17)28-25(34)29(23)18-6-1-2-7-19(18)30/h1-13,22-23,30H,(H,28,34)(H,31,32)/t22-,23+/m0/s1. The third-order valence-electron chi connectivity index (χ3n) is 5.64. The molecule has 34 heavy (non-hydrogen) atoms. The van der Waals surface area contributed by atoms with Crippen molar-refractivity contribution in [2.24, 2.45) is 0 Å². The molecule has 2 atom stereocenters. The third kappa shape index (κ3) is 3.87. The van der Waals surface area contributed by atoms with Crippen LogP contribution < -0.4 is 10.2 Å². The minimum Gasteiger partial charge on any atom is -0.506 e. The van der Waals surface area contributed by atoms with Crippen molar-refractivity contribution in [1.29, 1.82) is 0 Å². The molecule has 4 aromatic rings. The largest absolute Gasteiger partial charge is 0.506 e. The number of carbonyl (C=O) groups is 1. The Morgan fingerprint density at radius 1 is 1.09 bits per heavy atom. The van der Waals surface area contributed by atoms with E-state index in [0.29, 0.717) is 32.9 Å². The monoisotopic (exact) mass is 491 g/mol. The molecule has 0 radical (unpaired) electrons. The highest BCUT2D eigenvalue weighted by atomic mass is 35.5. The Morgan fingerprint density at radius 3 is 2.62 bits per heavy atom. The van der Waals surface area contributed by atoms with Crippen molar-refractivity contribution >= 4 is 40.6 Å². The maximum atomic E-state index is 11.4. The van der Waals surface area contributed by atoms with Gasteiger partial charge < -0.3 is 24.8 Å². The highest BCUT2D eigenvalue weighted by Gasteiger charge is 2.43. The van der Waals surface area contributed by atoms with Crippen LogP contribution in [-0.2, 0) is 0 Å². The Bertz CT molecular complexity index is 1390. The van der Waals surface area contributed by atoms with Crippen molar-refractivity contribution in [3.63, 3.8) is 0 Å². The number of aromatic carboxylic acids is 1. The topological polar surface area (TPSA) is 98.8 Å². The summed E-state index contributed by atoms with van der Waals surface area (Å²) in [6.45, 7) is 0. The number of phenolic OH excluding ortho intramolecular Hbond substituents is 1. The van der Waals surface area contributed by atoms with E-state index in [1.54, 1.807) is 41.4 Å². The second kappa shape index (κ2) is 8.81. The molecule has 1 saturated heterocycles. The average molecular weight is 492 g/mol. The van der Waals surface area contributed by atoms with E-state index in [2.05, 4.69) is 10.3 Å². The number of benzene rings is 2. The first-order chi connectivity index (χ1) is 16.4. The molecule has 0 amide bonds. The zero-order valence-corrected chi connectivity index (χ0v) is 19.1. The first-order valence-electron chi connectivity index (χ1n) is 10.4. The maximum Gasteiger partial charge on any atom is 0.335 e. The molecule has 1 fully saturated rings. The molecule has 0 saturated carbocycles. The summed E-state index contributed by atoms with van der Waals surface area (Å²) >= 11 is 12.0. The van der Waals surface area contributed by atoms with E-state index in [9.17, 15) is 15.0 Å². The van der Waals surface area contributed by atoms with Crippen molar-refractivity contribution < 1.29 is 19.4 Å². The number of nitrogens with zero attached hydrogens (tertiary/aromatic N) is 2. The van der Waals surface area contributed by atoms with E-state index in [1.165, 1.54) is 18.2 Å². The molecule has 2 aromatic heterocycles. The number of carboxylic acid groups (broad SMARTS) is 1. The number of hydrogen-bond acceptors (Lipinski definition) is 5. The van der Waals surface area contributed by atoms with Gasteiger partial charge in [0.15, 0.2) is 5.11 Å². The Hall–Kier alpha value is -3.88. The average Bonchev–Trinajstić information content (AvgIpc) is 3.45. The highest BCUT2D eigenvalue weighted by molar-refractivity contribution is 7.80. The molecule has 170 valence electrons. The zero-order valence-electron chi connectivity index (χ0n) is 17.6. The highest BCUT2D eigenvalue weighted by Crippen LogP contribution is 2.45. The van der Waals surface area contributed by atoms with Crippen molar-refractivity contribution in [2.75, 3.05) is 4.90 Å². The molecule has 2 aromatic carbocycles. The maximum absolute atomic E-state index is 11.4. The molecule has 0 spiro atoms. The minimum atomic E-state index is -1.06. The summed E-state index contributed by atoms with van der Waals surface area (Å²) in [6.07, 6.45) is 1.70. The van der Waals surface area contributed by atoms with Gasteiger partial charge in [-0.3, -0.25) is 4.98 Å². The van der Waals surface area contributed by atoms with Gasteiger partial charge in [-0.2, -0.15) is 0 Å². The van der Waals surface area contributed by atoms with Crippen molar-refractivity contribution in [3.8, 4) is 17.1 Å². The lowest BCUT2D eigenvalue weighted by Crippen LogP contribution is -2.29. The number of rotatable bonds is 5. The predicted molar refractivity (Wildman–Crippen MR) is 132 cm³/mol. The molecular formula is C25H18ClN3O4S. The van der Waals surface area contributed by atoms with Gasteiger partial charge in [-0.15, -0.1) is 0 Å². The van der Waals surface area contributed by atoms with Gasteiger partial charge in [0.1, 0.15) is 23.3 Å². The smallest absolute Gasteiger partial charge is 0.335 e. The number of nitrogens with one attached hydrogen (secondary N) is 1. The summed E-state index contributed by atoms with van der Waals surface area (Å²) in [5.74, 6) is -0.0331. The van der Waals surface area contributed by atoms with Gasteiger partial charge in [0.25, 0.3) is 0 Å². The van der Waals surface area contributed by atoms with E-state index in [4.69, 9.17) is 28.2 Å². The van der Waals surface area contributed by atoms with Crippen molar-refractivity contribution in [1.82, 2.24) is 10.3 Å². The normalized spacial score (nSPS) is 17.6. The van der Waals surface area contributed by atoms with Crippen molar-refractivity contribution in [2.45, 2.75) is 12.1 Å². The number of anilines is 1. The molecular weight excluding hydrogens is 474 g/mol. The van der Waals surface area contributed by atoms with Gasteiger partial charge >= 0.3 is 5.97 Å². The summed E-state index contributed by atoms with van der Waals surface area (Å²) in [6, 6.07) is 19.6. The number of hydrogen-bond donors (Lipinski definition) is 3. The molecule has 3 heterocycles. The molecule has 0 unspecified atom stereocenters. The minimum absolute atomic E-state index is 0.0716. The fourth-order valence-electron chi connectivity index (χ4n) is 4.07. The number of thiocarbonyl (C=S) groups is 1. The summed E-state index contributed by atoms with van der Waals surface area (Å²) in [5.41, 5.74) is 1.83. The molecule has 9 heteroatoms. The number of aromatic hydroxyl groups is 1. The lowest BCUT2D eigenvalue weighted by Gasteiger charge is -2.26. The Balaban J connectivity index is 1.62. The molecule has 0 aliphatic carbocycles. The number of para-hydroxylation sites is 2. The van der Waals surface area contributed by atoms with E-state index >= 15 is 0 Å². The summed E-state index contributed by atoms with van der Waals surface area (Å²) in [7, 11) is 0. The van der Waals surface area contributed by atoms with Crippen LogP contribution in [0.5, 0.6) is 5.75 Å². The molecule has 5 rings (SSSR count). The van der Waals surface area contributed by atoms with E-state index < -0.39 is 12.0 Å². The number of carboxylic acids is 1. The van der Waals surface area contributed by atoms with Crippen LogP contribution in [-0.4, -0.2) is 26.3 Å². The van der Waals surface area contributed by atoms with Crippen LogP contribution >= 0.6 is 23.8 Å². The number of halogens is 1. The van der Waals surface area contributed by atoms with Gasteiger partial charge in [0.05, 0.1) is 28.0 Å². The van der Waals surface area contributed by atoms with E-state index in [1.807, 2.05) is 24.3 Å². The lowest BCUT2D eigenvalue weighted by molar-refractivity contribution is 0.0697. The predicted octanol–water partition coefficient (Wildman–Crippen LogP) is 5.58. The lowest BCUT2D eigenvalue weighted by atomic mass is 10.0. The van der Waals surface area contributed by atoms with Crippen LogP contribution in [0.15, 0.2) is 83.4 Å². The second-order valence-corrected chi connectivity index (χ2v) is 8.48. The number of pyridine rings is 1. The first kappa shape index (κ1) is 21.9. The summed E-state index contributed by atoms with van der Waals surface area (Å²) in [4.78, 5) is 17.7. The van der Waals surface area contributed by atoms with Gasteiger partial charge in [0, 0.05) is 11.8 Å². The van der Waals surface area contributed by atoms with Crippen LogP contribution in [0, 0.1) is 0 Å². The second-order valence-electron chi connectivity index (χ2n) is 7.69. The fourth-order valence-corrected chi connectivity index (χ4v) is 4.62. The van der Waals surface area contributed by atoms with Gasteiger partial charge in [-0.25, -0.2) is 4.79 Å². The van der Waals surface area contributed by atoms with E-state index in [-0.39, 0.29) is 17.4 Å². The van der Waals surface area contributed by atoms with Gasteiger partial charge in [-0.05, 0) is 66.8 Å². The molecule has 0 bridgehead atoms. The first-order valence-corrected chi connectivity index (χ1v) is 11.1. The molecule has 1 aliphatic rings. The summed E-state index contributed by atoms with van der Waals surface area (Å²) in [5, 5.41) is 24.0. The van der Waals surface area contributed by atoms with Crippen LogP contribution in [0.4, 0.5) is 5.69 Å². The Kier molecular flexibility index (Phi) is 5.69. The summed E-state index contributed by atoms with van der Waals surface area (Å²) < 4.78 is 6.23. The van der Waals surface area contributed by atoms with Crippen LogP contribution in [0.25, 0.3) is 11.3 Å². The zero-order chi connectivity index (χ0) is 23.8. The number of furan rings is 1. The Morgan fingerprint density at radius 2 is 1.88 bits per heavy atom. The number of aromatic nitrogens is 1. The Labute approximate surface area is 205 Å². The van der Waals surface area contributed by atoms with Gasteiger partial charge in [0.2, 0.25) is 0 Å². The molecule has 3 N–H and O–H groups in total. The quantitative estimate of drug-likeness (QED) is 0.311. The molecule has 7 nitrogen and oxygen atoms in total. The van der Waals surface area contributed by atoms with E-state index in [0.717, 1.165) is 5.69 Å².